The molecule has 0 aromatic rings. The van der Waals surface area contributed by atoms with Crippen LogP contribution in [0.15, 0.2) is 12.2 Å². The third-order valence-corrected chi connectivity index (χ3v) is 2.37. The number of rotatable bonds is 7. The summed E-state index contributed by atoms with van der Waals surface area (Å²) < 4.78 is 0. The first kappa shape index (κ1) is 12.7. The maximum atomic E-state index is 9.82. The van der Waals surface area contributed by atoms with E-state index < -0.39 is 0 Å². The van der Waals surface area contributed by atoms with Gasteiger partial charge in [0.25, 0.3) is 0 Å². The van der Waals surface area contributed by atoms with E-state index in [4.69, 9.17) is 0 Å². The third-order valence-electron chi connectivity index (χ3n) is 2.37. The largest absolute Gasteiger partial charge is 0.389 e. The maximum Gasteiger partial charge on any atom is 0.0749 e. The Bertz CT molecular complexity index is 123. The second-order valence-electron chi connectivity index (χ2n) is 3.66. The topological polar surface area (TPSA) is 20.2 Å². The zero-order valence-electron chi connectivity index (χ0n) is 9.29. The summed E-state index contributed by atoms with van der Waals surface area (Å²) in [7, 11) is 0. The molecule has 0 aliphatic rings. The van der Waals surface area contributed by atoms with Gasteiger partial charge < -0.3 is 5.11 Å². The van der Waals surface area contributed by atoms with Crippen molar-refractivity contribution in [3.05, 3.63) is 12.2 Å². The van der Waals surface area contributed by atoms with E-state index in [-0.39, 0.29) is 6.10 Å². The van der Waals surface area contributed by atoms with E-state index in [1.807, 2.05) is 6.08 Å². The lowest BCUT2D eigenvalue weighted by molar-refractivity contribution is 0.139. The molecule has 1 unspecified atom stereocenters. The molecule has 1 N–H and O–H groups in total. The van der Waals surface area contributed by atoms with E-state index in [2.05, 4.69) is 26.8 Å². The Morgan fingerprint density at radius 2 is 1.62 bits per heavy atom. The summed E-state index contributed by atoms with van der Waals surface area (Å²) in [6, 6.07) is 0. The lowest BCUT2D eigenvalue weighted by atomic mass is 9.92. The van der Waals surface area contributed by atoms with E-state index in [1.54, 1.807) is 0 Å². The summed E-state index contributed by atoms with van der Waals surface area (Å²) in [5, 5.41) is 9.82. The lowest BCUT2D eigenvalue weighted by Gasteiger charge is -2.18. The van der Waals surface area contributed by atoms with Gasteiger partial charge in [-0.25, -0.2) is 0 Å². The molecule has 1 heteroatoms. The number of allylic oxidation sites excluding steroid dienone is 1. The molecule has 0 heterocycles. The van der Waals surface area contributed by atoms with Crippen molar-refractivity contribution in [2.75, 3.05) is 0 Å². The normalized spacial score (nSPS) is 14.2. The molecule has 0 aromatic carbocycles. The SMILES string of the molecule is CCC=CC(O)C(CCC)CCC. The molecule has 0 saturated carbocycles. The van der Waals surface area contributed by atoms with Crippen molar-refractivity contribution in [1.29, 1.82) is 0 Å². The molecule has 0 aliphatic carbocycles. The van der Waals surface area contributed by atoms with Gasteiger partial charge in [-0.15, -0.1) is 0 Å². The summed E-state index contributed by atoms with van der Waals surface area (Å²) in [5.74, 6) is 0.470. The van der Waals surface area contributed by atoms with E-state index in [9.17, 15) is 5.11 Å². The standard InChI is InChI=1S/C12H24O/c1-4-7-10-12(13)11(8-5-2)9-6-3/h7,10-13H,4-6,8-9H2,1-3H3. The smallest absolute Gasteiger partial charge is 0.0749 e. The molecule has 0 amide bonds. The third kappa shape index (κ3) is 5.87. The van der Waals surface area contributed by atoms with Crippen LogP contribution in [-0.4, -0.2) is 11.2 Å². The number of aliphatic hydroxyl groups is 1. The molecule has 78 valence electrons. The van der Waals surface area contributed by atoms with Gasteiger partial charge in [-0.2, -0.15) is 0 Å². The quantitative estimate of drug-likeness (QED) is 0.600. The van der Waals surface area contributed by atoms with Crippen molar-refractivity contribution in [2.24, 2.45) is 5.92 Å². The molecular weight excluding hydrogens is 160 g/mol. The summed E-state index contributed by atoms with van der Waals surface area (Å²) in [6.07, 6.45) is 9.43. The minimum absolute atomic E-state index is 0.222. The monoisotopic (exact) mass is 184 g/mol. The summed E-state index contributed by atoms with van der Waals surface area (Å²) in [4.78, 5) is 0. The van der Waals surface area contributed by atoms with Crippen LogP contribution in [-0.2, 0) is 0 Å². The van der Waals surface area contributed by atoms with Crippen LogP contribution in [0.25, 0.3) is 0 Å². The minimum atomic E-state index is -0.222. The second kappa shape index (κ2) is 8.31. The highest BCUT2D eigenvalue weighted by Gasteiger charge is 2.13. The first-order chi connectivity index (χ1) is 6.26. The highest BCUT2D eigenvalue weighted by atomic mass is 16.3. The van der Waals surface area contributed by atoms with Crippen molar-refractivity contribution in [1.82, 2.24) is 0 Å². The van der Waals surface area contributed by atoms with Gasteiger partial charge in [-0.3, -0.25) is 0 Å². The predicted molar refractivity (Wildman–Crippen MR) is 58.7 cm³/mol. The van der Waals surface area contributed by atoms with Crippen LogP contribution in [0.1, 0.15) is 52.9 Å². The van der Waals surface area contributed by atoms with E-state index in [0.29, 0.717) is 5.92 Å². The average Bonchev–Trinajstić information content (AvgIpc) is 2.14. The van der Waals surface area contributed by atoms with Crippen LogP contribution < -0.4 is 0 Å². The van der Waals surface area contributed by atoms with Crippen molar-refractivity contribution >= 4 is 0 Å². The Labute approximate surface area is 82.9 Å². The molecule has 1 nitrogen and oxygen atoms in total. The van der Waals surface area contributed by atoms with E-state index in [0.717, 1.165) is 19.3 Å². The maximum absolute atomic E-state index is 9.82. The molecule has 0 aliphatic heterocycles. The van der Waals surface area contributed by atoms with Crippen molar-refractivity contribution < 1.29 is 5.11 Å². The molecule has 13 heavy (non-hydrogen) atoms. The fourth-order valence-electron chi connectivity index (χ4n) is 1.66. The summed E-state index contributed by atoms with van der Waals surface area (Å²) in [6.45, 7) is 6.45. The zero-order chi connectivity index (χ0) is 10.1. The Hall–Kier alpha value is -0.300. The number of hydrogen-bond acceptors (Lipinski definition) is 1. The molecule has 0 radical (unpaired) electrons. The Morgan fingerprint density at radius 1 is 1.08 bits per heavy atom. The molecule has 1 atom stereocenters. The highest BCUT2D eigenvalue weighted by molar-refractivity contribution is 4.91. The van der Waals surface area contributed by atoms with Crippen LogP contribution >= 0.6 is 0 Å². The van der Waals surface area contributed by atoms with E-state index >= 15 is 0 Å². The van der Waals surface area contributed by atoms with Crippen LogP contribution in [0.5, 0.6) is 0 Å². The Balaban J connectivity index is 3.93. The molecule has 0 spiro atoms. The predicted octanol–water partition coefficient (Wildman–Crippen LogP) is 3.53. The first-order valence-electron chi connectivity index (χ1n) is 5.60. The van der Waals surface area contributed by atoms with Crippen LogP contribution in [0.2, 0.25) is 0 Å². The van der Waals surface area contributed by atoms with Gasteiger partial charge in [0.2, 0.25) is 0 Å². The van der Waals surface area contributed by atoms with Crippen LogP contribution in [0.4, 0.5) is 0 Å². The molecule has 0 aromatic heterocycles. The number of hydrogen-bond donors (Lipinski definition) is 1. The second-order valence-corrected chi connectivity index (χ2v) is 3.66. The van der Waals surface area contributed by atoms with Crippen LogP contribution in [0, 0.1) is 5.92 Å². The van der Waals surface area contributed by atoms with Gasteiger partial charge >= 0.3 is 0 Å². The van der Waals surface area contributed by atoms with Gasteiger partial charge in [0, 0.05) is 0 Å². The highest BCUT2D eigenvalue weighted by Crippen LogP contribution is 2.18. The average molecular weight is 184 g/mol. The molecule has 0 saturated heterocycles. The van der Waals surface area contributed by atoms with Crippen molar-refractivity contribution in [2.45, 2.75) is 59.0 Å². The van der Waals surface area contributed by atoms with Crippen LogP contribution in [0.3, 0.4) is 0 Å². The fourth-order valence-corrected chi connectivity index (χ4v) is 1.66. The molecular formula is C12H24O. The van der Waals surface area contributed by atoms with Gasteiger partial charge in [-0.05, 0) is 25.2 Å². The Morgan fingerprint density at radius 3 is 2.00 bits per heavy atom. The van der Waals surface area contributed by atoms with Gasteiger partial charge in [0.1, 0.15) is 0 Å². The Kier molecular flexibility index (Phi) is 8.11. The zero-order valence-corrected chi connectivity index (χ0v) is 9.29. The summed E-state index contributed by atoms with van der Waals surface area (Å²) >= 11 is 0. The van der Waals surface area contributed by atoms with Gasteiger partial charge in [0.15, 0.2) is 0 Å². The molecule has 0 rings (SSSR count). The fraction of sp³-hybridized carbons (Fsp3) is 0.833. The minimum Gasteiger partial charge on any atom is -0.389 e. The molecule has 0 fully saturated rings. The number of aliphatic hydroxyl groups excluding tert-OH is 1. The summed E-state index contributed by atoms with van der Waals surface area (Å²) in [5.41, 5.74) is 0. The lowest BCUT2D eigenvalue weighted by Crippen LogP contribution is -2.17. The van der Waals surface area contributed by atoms with Crippen molar-refractivity contribution in [3.63, 3.8) is 0 Å². The van der Waals surface area contributed by atoms with Gasteiger partial charge in [-0.1, -0.05) is 45.8 Å². The molecule has 0 bridgehead atoms. The van der Waals surface area contributed by atoms with Gasteiger partial charge in [0.05, 0.1) is 6.10 Å². The first-order valence-corrected chi connectivity index (χ1v) is 5.60. The van der Waals surface area contributed by atoms with Crippen molar-refractivity contribution in [3.8, 4) is 0 Å². The van der Waals surface area contributed by atoms with E-state index in [1.165, 1.54) is 12.8 Å².